The van der Waals surface area contributed by atoms with Gasteiger partial charge in [0.05, 0.1) is 6.04 Å². The minimum atomic E-state index is -0.0666. The predicted octanol–water partition coefficient (Wildman–Crippen LogP) is 4.18. The molecule has 2 N–H and O–H groups in total. The van der Waals surface area contributed by atoms with Crippen LogP contribution < -0.4 is 5.73 Å². The second kappa shape index (κ2) is 5.69. The Morgan fingerprint density at radius 1 is 1.31 bits per heavy atom. The van der Waals surface area contributed by atoms with Crippen molar-refractivity contribution in [2.75, 3.05) is 0 Å². The van der Waals surface area contributed by atoms with Crippen LogP contribution >= 0.6 is 35.3 Å². The minimum Gasteiger partial charge on any atom is -0.320 e. The third-order valence-electron chi connectivity index (χ3n) is 2.40. The molecule has 0 saturated heterocycles. The van der Waals surface area contributed by atoms with Crippen molar-refractivity contribution in [1.29, 1.82) is 0 Å². The molecule has 1 nitrogen and oxygen atoms in total. The van der Waals surface area contributed by atoms with Crippen LogP contribution in [0.5, 0.6) is 0 Å². The molecule has 16 heavy (non-hydrogen) atoms. The summed E-state index contributed by atoms with van der Waals surface area (Å²) in [7, 11) is 0. The highest BCUT2D eigenvalue weighted by atomic mass is 35.5. The number of aryl methyl sites for hydroxylation is 1. The Hall–Kier alpha value is -0.540. The molecular formula is C12H13Cl2NS. The lowest BCUT2D eigenvalue weighted by Gasteiger charge is -2.11. The molecular weight excluding hydrogens is 261 g/mol. The van der Waals surface area contributed by atoms with Gasteiger partial charge in [0.2, 0.25) is 0 Å². The molecule has 1 aromatic heterocycles. The van der Waals surface area contributed by atoms with Crippen molar-refractivity contribution in [3.63, 3.8) is 0 Å². The number of hydrogen-bond donors (Lipinski definition) is 1. The van der Waals surface area contributed by atoms with E-state index >= 15 is 0 Å². The summed E-state index contributed by atoms with van der Waals surface area (Å²) in [6, 6.07) is 9.97. The Labute approximate surface area is 111 Å². The van der Waals surface area contributed by atoms with E-state index < -0.39 is 0 Å². The average molecular weight is 274 g/mol. The van der Waals surface area contributed by atoms with Gasteiger partial charge in [0.25, 0.3) is 0 Å². The van der Waals surface area contributed by atoms with Crippen molar-refractivity contribution in [2.45, 2.75) is 13.0 Å². The van der Waals surface area contributed by atoms with E-state index in [0.29, 0.717) is 0 Å². The van der Waals surface area contributed by atoms with E-state index in [-0.39, 0.29) is 18.4 Å². The first-order valence-electron chi connectivity index (χ1n) is 4.73. The maximum absolute atomic E-state index is 6.13. The molecule has 1 atom stereocenters. The van der Waals surface area contributed by atoms with Gasteiger partial charge >= 0.3 is 0 Å². The maximum Gasteiger partial charge on any atom is 0.0646 e. The number of rotatable bonds is 2. The van der Waals surface area contributed by atoms with Crippen molar-refractivity contribution in [1.82, 2.24) is 0 Å². The first-order valence-corrected chi connectivity index (χ1v) is 5.99. The van der Waals surface area contributed by atoms with Gasteiger partial charge in [0, 0.05) is 9.90 Å². The van der Waals surface area contributed by atoms with Gasteiger partial charge in [-0.25, -0.2) is 0 Å². The van der Waals surface area contributed by atoms with Crippen LogP contribution in [-0.4, -0.2) is 0 Å². The van der Waals surface area contributed by atoms with Crippen LogP contribution in [-0.2, 0) is 0 Å². The molecule has 0 spiro atoms. The molecule has 0 unspecified atom stereocenters. The summed E-state index contributed by atoms with van der Waals surface area (Å²) >= 11 is 7.73. The second-order valence-electron chi connectivity index (χ2n) is 3.50. The molecule has 1 aromatic carbocycles. The van der Waals surface area contributed by atoms with E-state index in [1.54, 1.807) is 11.3 Å². The molecule has 0 bridgehead atoms. The lowest BCUT2D eigenvalue weighted by atomic mass is 10.0. The zero-order valence-electron chi connectivity index (χ0n) is 8.81. The SMILES string of the molecule is Cc1ccc([C@@H](N)c2cccs2)cc1Cl.Cl. The summed E-state index contributed by atoms with van der Waals surface area (Å²) in [5.74, 6) is 0. The Morgan fingerprint density at radius 2 is 2.06 bits per heavy atom. The van der Waals surface area contributed by atoms with Gasteiger partial charge in [-0.3, -0.25) is 0 Å². The Kier molecular flexibility index (Phi) is 4.81. The van der Waals surface area contributed by atoms with Crippen molar-refractivity contribution in [3.8, 4) is 0 Å². The first kappa shape index (κ1) is 13.5. The molecule has 2 rings (SSSR count). The topological polar surface area (TPSA) is 26.0 Å². The smallest absolute Gasteiger partial charge is 0.0646 e. The maximum atomic E-state index is 6.13. The zero-order chi connectivity index (χ0) is 10.8. The molecule has 4 heteroatoms. The van der Waals surface area contributed by atoms with Gasteiger partial charge in [-0.15, -0.1) is 23.7 Å². The lowest BCUT2D eigenvalue weighted by Crippen LogP contribution is -2.10. The quantitative estimate of drug-likeness (QED) is 0.873. The third-order valence-corrected chi connectivity index (χ3v) is 3.77. The van der Waals surface area contributed by atoms with Gasteiger partial charge in [-0.2, -0.15) is 0 Å². The fraction of sp³-hybridized carbons (Fsp3) is 0.167. The van der Waals surface area contributed by atoms with E-state index in [4.69, 9.17) is 17.3 Å². The standard InChI is InChI=1S/C12H12ClNS.ClH/c1-8-4-5-9(7-10(8)13)12(14)11-3-2-6-15-11;/h2-7,12H,14H2,1H3;1H/t12-;/m1./s1. The fourth-order valence-corrected chi connectivity index (χ4v) is 2.38. The van der Waals surface area contributed by atoms with E-state index in [1.165, 1.54) is 0 Å². The van der Waals surface area contributed by atoms with E-state index in [1.807, 2.05) is 42.6 Å². The minimum absolute atomic E-state index is 0. The van der Waals surface area contributed by atoms with Crippen LogP contribution in [0.15, 0.2) is 35.7 Å². The summed E-state index contributed by atoms with van der Waals surface area (Å²) in [6.45, 7) is 1.99. The van der Waals surface area contributed by atoms with Crippen LogP contribution in [0.3, 0.4) is 0 Å². The second-order valence-corrected chi connectivity index (χ2v) is 4.89. The summed E-state index contributed by atoms with van der Waals surface area (Å²) in [4.78, 5) is 1.16. The third kappa shape index (κ3) is 2.77. The van der Waals surface area contributed by atoms with E-state index in [0.717, 1.165) is 21.0 Å². The molecule has 0 radical (unpaired) electrons. The molecule has 0 saturated carbocycles. The van der Waals surface area contributed by atoms with Gasteiger partial charge < -0.3 is 5.73 Å². The number of benzene rings is 1. The zero-order valence-corrected chi connectivity index (χ0v) is 11.2. The van der Waals surface area contributed by atoms with Crippen LogP contribution in [0.1, 0.15) is 22.0 Å². The van der Waals surface area contributed by atoms with Gasteiger partial charge in [0.15, 0.2) is 0 Å². The van der Waals surface area contributed by atoms with Crippen molar-refractivity contribution in [3.05, 3.63) is 56.7 Å². The molecule has 1 heterocycles. The highest BCUT2D eigenvalue weighted by Crippen LogP contribution is 2.26. The summed E-state index contributed by atoms with van der Waals surface area (Å²) in [5, 5.41) is 2.81. The summed E-state index contributed by atoms with van der Waals surface area (Å²) < 4.78 is 0. The largest absolute Gasteiger partial charge is 0.320 e. The Morgan fingerprint density at radius 3 is 2.62 bits per heavy atom. The van der Waals surface area contributed by atoms with Gasteiger partial charge in [-0.1, -0.05) is 29.8 Å². The highest BCUT2D eigenvalue weighted by Gasteiger charge is 2.10. The van der Waals surface area contributed by atoms with Crippen molar-refractivity contribution < 1.29 is 0 Å². The van der Waals surface area contributed by atoms with Gasteiger partial charge in [-0.05, 0) is 35.6 Å². The highest BCUT2D eigenvalue weighted by molar-refractivity contribution is 7.10. The van der Waals surface area contributed by atoms with Gasteiger partial charge in [0.1, 0.15) is 0 Å². The molecule has 0 aliphatic carbocycles. The molecule has 0 aliphatic rings. The number of hydrogen-bond acceptors (Lipinski definition) is 2. The van der Waals surface area contributed by atoms with Crippen LogP contribution in [0, 0.1) is 6.92 Å². The number of thiophene rings is 1. The predicted molar refractivity (Wildman–Crippen MR) is 73.8 cm³/mol. The summed E-state index contributed by atoms with van der Waals surface area (Å²) in [6.07, 6.45) is 0. The number of nitrogens with two attached hydrogens (primary N) is 1. The fourth-order valence-electron chi connectivity index (χ4n) is 1.44. The molecule has 0 fully saturated rings. The van der Waals surface area contributed by atoms with Crippen LogP contribution in [0.4, 0.5) is 0 Å². The molecule has 2 aromatic rings. The Balaban J connectivity index is 0.00000128. The number of halogens is 2. The Bertz CT molecular complexity index is 454. The van der Waals surface area contributed by atoms with Crippen LogP contribution in [0.25, 0.3) is 0 Å². The summed E-state index contributed by atoms with van der Waals surface area (Å²) in [5.41, 5.74) is 8.28. The van der Waals surface area contributed by atoms with Crippen molar-refractivity contribution >= 4 is 35.3 Å². The average Bonchev–Trinajstić information content (AvgIpc) is 2.74. The van der Waals surface area contributed by atoms with E-state index in [9.17, 15) is 0 Å². The van der Waals surface area contributed by atoms with Crippen molar-refractivity contribution in [2.24, 2.45) is 5.73 Å². The van der Waals surface area contributed by atoms with E-state index in [2.05, 4.69) is 0 Å². The van der Waals surface area contributed by atoms with Crippen LogP contribution in [0.2, 0.25) is 5.02 Å². The molecule has 0 amide bonds. The monoisotopic (exact) mass is 273 g/mol. The normalized spacial score (nSPS) is 11.9. The molecule has 86 valence electrons. The lowest BCUT2D eigenvalue weighted by molar-refractivity contribution is 0.893. The first-order chi connectivity index (χ1) is 7.18. The molecule has 0 aliphatic heterocycles.